The molecule has 18 nitrogen and oxygen atoms in total. The Morgan fingerprint density at radius 2 is 0.955 bits per heavy atom. The monoisotopic (exact) mass is 618 g/mol. The van der Waals surface area contributed by atoms with E-state index < -0.39 is 83.5 Å². The van der Waals surface area contributed by atoms with E-state index >= 15 is 0 Å². The molecule has 0 bridgehead atoms. The molecular weight excluding hydrogens is 588 g/mol. The van der Waals surface area contributed by atoms with Crippen molar-refractivity contribution in [3.05, 3.63) is 46.5 Å². The Morgan fingerprint density at radius 1 is 0.591 bits per heavy atom. The summed E-state index contributed by atoms with van der Waals surface area (Å²) in [6, 6.07) is 2.14. The van der Waals surface area contributed by atoms with Crippen LogP contribution in [0.2, 0.25) is 0 Å². The molecule has 18 heteroatoms. The first-order chi connectivity index (χ1) is 20.9. The molecule has 1 aliphatic rings. The maximum atomic E-state index is 13.6. The quantitative estimate of drug-likeness (QED) is 0.0700. The van der Waals surface area contributed by atoms with Gasteiger partial charge in [0.05, 0.1) is 35.5 Å². The lowest BCUT2D eigenvalue weighted by Gasteiger charge is -2.25. The minimum absolute atomic E-state index is 0.0288. The second kappa shape index (κ2) is 14.5. The number of carboxylic acid groups (broad SMARTS) is 2. The number of anilines is 2. The Morgan fingerprint density at radius 3 is 1.27 bits per heavy atom. The molecule has 12 N–H and O–H groups in total. The zero-order valence-corrected chi connectivity index (χ0v) is 22.8. The van der Waals surface area contributed by atoms with Crippen molar-refractivity contribution in [2.75, 3.05) is 50.0 Å². The number of amides is 4. The van der Waals surface area contributed by atoms with Gasteiger partial charge in [0.15, 0.2) is 0 Å². The highest BCUT2D eigenvalue weighted by Gasteiger charge is 2.38. The van der Waals surface area contributed by atoms with E-state index in [9.17, 15) is 49.2 Å². The summed E-state index contributed by atoms with van der Waals surface area (Å²) in [5.41, 5.74) is -0.948. The Balaban J connectivity index is 1.82. The number of rotatable bonds is 14. The maximum Gasteiger partial charge on any atom is 0.405 e. The summed E-state index contributed by atoms with van der Waals surface area (Å²) in [5.74, 6) is -4.32. The van der Waals surface area contributed by atoms with Crippen molar-refractivity contribution >= 4 is 46.9 Å². The minimum Gasteiger partial charge on any atom is -0.507 e. The summed E-state index contributed by atoms with van der Waals surface area (Å²) in [5, 5.41) is 71.0. The lowest BCUT2D eigenvalue weighted by atomic mass is 9.81. The van der Waals surface area contributed by atoms with Gasteiger partial charge in [0, 0.05) is 37.6 Å². The number of phenols is 2. The number of aromatic hydroxyl groups is 2. The summed E-state index contributed by atoms with van der Waals surface area (Å²) in [4.78, 5) is 73.0. The van der Waals surface area contributed by atoms with Gasteiger partial charge in [0.1, 0.15) is 23.6 Å². The van der Waals surface area contributed by atoms with E-state index in [1.165, 1.54) is 12.1 Å². The van der Waals surface area contributed by atoms with Crippen LogP contribution in [0.3, 0.4) is 0 Å². The Labute approximate surface area is 248 Å². The Hall–Kier alpha value is -5.62. The van der Waals surface area contributed by atoms with Crippen molar-refractivity contribution in [3.8, 4) is 11.5 Å². The predicted molar refractivity (Wildman–Crippen MR) is 150 cm³/mol. The number of nitrogens with one attached hydrogen (secondary N) is 6. The predicted octanol–water partition coefficient (Wildman–Crippen LogP) is -1.81. The van der Waals surface area contributed by atoms with Crippen LogP contribution in [0.5, 0.6) is 11.5 Å². The molecule has 1 aliphatic carbocycles. The molecule has 0 saturated carbocycles. The zero-order chi connectivity index (χ0) is 32.6. The molecule has 0 heterocycles. The number of aliphatic hydroxyl groups is 2. The Bertz CT molecular complexity index is 1370. The fourth-order valence-electron chi connectivity index (χ4n) is 4.36. The summed E-state index contributed by atoms with van der Waals surface area (Å²) in [6.07, 6.45) is -3.02. The van der Waals surface area contributed by atoms with Crippen molar-refractivity contribution in [1.29, 1.82) is 0 Å². The van der Waals surface area contributed by atoms with Crippen molar-refractivity contribution in [1.82, 2.24) is 21.3 Å². The molecule has 3 rings (SSSR count). The molecule has 2 atom stereocenters. The van der Waals surface area contributed by atoms with Gasteiger partial charge in [0.2, 0.25) is 23.4 Å². The molecular formula is C26H30N6O12. The number of hydrogen-bond acceptors (Lipinski definition) is 12. The van der Waals surface area contributed by atoms with Crippen LogP contribution in [-0.2, 0) is 9.59 Å². The third kappa shape index (κ3) is 7.41. The number of fused-ring (bicyclic) bond motifs is 2. The number of benzene rings is 2. The largest absolute Gasteiger partial charge is 0.507 e. The van der Waals surface area contributed by atoms with Crippen LogP contribution in [-0.4, -0.2) is 118 Å². The molecule has 2 aromatic rings. The molecule has 0 aliphatic heterocycles. The van der Waals surface area contributed by atoms with E-state index in [0.29, 0.717) is 0 Å². The third-order valence-electron chi connectivity index (χ3n) is 6.35. The van der Waals surface area contributed by atoms with Crippen LogP contribution in [0.25, 0.3) is 0 Å². The molecule has 0 radical (unpaired) electrons. The van der Waals surface area contributed by atoms with E-state index in [-0.39, 0.29) is 48.7 Å². The van der Waals surface area contributed by atoms with Crippen molar-refractivity contribution in [3.63, 3.8) is 0 Å². The number of phenolic OH excluding ortho intramolecular Hbond substituents is 2. The second-order valence-corrected chi connectivity index (χ2v) is 9.23. The van der Waals surface area contributed by atoms with Crippen molar-refractivity contribution < 1.29 is 59.4 Å². The van der Waals surface area contributed by atoms with Crippen molar-refractivity contribution in [2.45, 2.75) is 12.1 Å². The highest BCUT2D eigenvalue weighted by atomic mass is 16.4. The first-order valence-corrected chi connectivity index (χ1v) is 13.0. The van der Waals surface area contributed by atoms with Crippen LogP contribution >= 0.6 is 0 Å². The number of hydrogen-bond donors (Lipinski definition) is 12. The summed E-state index contributed by atoms with van der Waals surface area (Å²) in [7, 11) is 0. The maximum absolute atomic E-state index is 13.6. The summed E-state index contributed by atoms with van der Waals surface area (Å²) >= 11 is 0. The number of aliphatic hydroxyl groups excluding tert-OH is 2. The molecule has 44 heavy (non-hydrogen) atoms. The fraction of sp³-hybridized carbons (Fsp3) is 0.308. The van der Waals surface area contributed by atoms with Crippen LogP contribution in [0.1, 0.15) is 31.8 Å². The van der Waals surface area contributed by atoms with Crippen LogP contribution in [0.4, 0.5) is 21.0 Å². The number of ketones is 2. The number of carbonyl (C=O) groups excluding carboxylic acids is 4. The van der Waals surface area contributed by atoms with E-state index in [4.69, 9.17) is 10.2 Å². The normalized spacial score (nSPS) is 13.0. The van der Waals surface area contributed by atoms with Gasteiger partial charge in [-0.3, -0.25) is 19.2 Å². The number of carbonyl (C=O) groups is 6. The lowest BCUT2D eigenvalue weighted by molar-refractivity contribution is -0.124. The van der Waals surface area contributed by atoms with E-state index in [2.05, 4.69) is 21.3 Å². The van der Waals surface area contributed by atoms with Crippen LogP contribution in [0, 0.1) is 0 Å². The lowest BCUT2D eigenvalue weighted by Crippen LogP contribution is -2.49. The molecule has 2 aromatic carbocycles. The molecule has 0 aromatic heterocycles. The SMILES string of the molecule is O=C(O)N[C@@H](CO)C(=O)NCCNc1ccc(NCCNC(=O)[C@H](CO)NC(=O)O)c2c1C(=O)c1c(O)ccc(O)c1C2=O. The zero-order valence-electron chi connectivity index (χ0n) is 22.8. The standard InChI is InChI=1S/C26H30N6O12/c33-9-13(31-25(41)42)23(39)29-7-5-27-11-1-2-12(28-6-8-30-24(40)14(10-34)32-26(43)44)18-17(11)21(37)19-15(35)3-4-16(36)20(19)22(18)38/h1-4,13-14,27-28,31-36H,5-10H2,(H,29,39)(H,30,40)(H,41,42)(H,43,44)/t13-,14-/m0/s1. The van der Waals surface area contributed by atoms with E-state index in [0.717, 1.165) is 12.1 Å². The minimum atomic E-state index is -1.51. The molecule has 0 unspecified atom stereocenters. The molecule has 4 amide bonds. The molecule has 0 saturated heterocycles. The van der Waals surface area contributed by atoms with Gasteiger partial charge in [-0.1, -0.05) is 0 Å². The van der Waals surface area contributed by atoms with Gasteiger partial charge in [-0.2, -0.15) is 0 Å². The van der Waals surface area contributed by atoms with Gasteiger partial charge >= 0.3 is 12.2 Å². The first kappa shape index (κ1) is 32.9. The summed E-state index contributed by atoms with van der Waals surface area (Å²) in [6.45, 7) is -1.82. The third-order valence-corrected chi connectivity index (χ3v) is 6.35. The van der Waals surface area contributed by atoms with Crippen LogP contribution in [0.15, 0.2) is 24.3 Å². The average Bonchev–Trinajstić information content (AvgIpc) is 2.98. The van der Waals surface area contributed by atoms with E-state index in [1.807, 2.05) is 10.6 Å². The molecule has 0 fully saturated rings. The average molecular weight is 619 g/mol. The highest BCUT2D eigenvalue weighted by Crippen LogP contribution is 2.42. The van der Waals surface area contributed by atoms with Crippen molar-refractivity contribution in [2.24, 2.45) is 0 Å². The van der Waals surface area contributed by atoms with Gasteiger partial charge in [0.25, 0.3) is 0 Å². The topological polar surface area (TPSA) is 296 Å². The van der Waals surface area contributed by atoms with Crippen LogP contribution < -0.4 is 31.9 Å². The fourth-order valence-corrected chi connectivity index (χ4v) is 4.36. The summed E-state index contributed by atoms with van der Waals surface area (Å²) < 4.78 is 0. The smallest absolute Gasteiger partial charge is 0.405 e. The van der Waals surface area contributed by atoms with Gasteiger partial charge in [-0.05, 0) is 24.3 Å². The van der Waals surface area contributed by atoms with Gasteiger partial charge < -0.3 is 62.5 Å². The van der Waals surface area contributed by atoms with Gasteiger partial charge in [-0.25, -0.2) is 9.59 Å². The highest BCUT2D eigenvalue weighted by molar-refractivity contribution is 6.33. The second-order valence-electron chi connectivity index (χ2n) is 9.23. The Kier molecular flexibility index (Phi) is 10.9. The van der Waals surface area contributed by atoms with E-state index in [1.54, 1.807) is 0 Å². The molecule has 236 valence electrons. The van der Waals surface area contributed by atoms with Gasteiger partial charge in [-0.15, -0.1) is 0 Å². The molecule has 0 spiro atoms. The first-order valence-electron chi connectivity index (χ1n) is 13.0.